The van der Waals surface area contributed by atoms with Crippen molar-refractivity contribution < 1.29 is 9.47 Å². The monoisotopic (exact) mass is 170 g/mol. The second-order valence-corrected chi connectivity index (χ2v) is 4.54. The second-order valence-electron chi connectivity index (χ2n) is 4.54. The molecule has 0 aromatic carbocycles. The van der Waals surface area contributed by atoms with Crippen molar-refractivity contribution in [1.29, 1.82) is 0 Å². The van der Waals surface area contributed by atoms with Gasteiger partial charge in [0, 0.05) is 6.42 Å². The second kappa shape index (κ2) is 2.86. The molecule has 0 amide bonds. The van der Waals surface area contributed by atoms with Crippen LogP contribution in [0.15, 0.2) is 12.7 Å². The first kappa shape index (κ1) is 9.75. The van der Waals surface area contributed by atoms with E-state index in [4.69, 9.17) is 9.47 Å². The molecule has 1 fully saturated rings. The Bertz CT molecular complexity index is 166. The standard InChI is InChI=1S/C10H18O2/c1-6-8-11-9(2,3)7-10(4,5)12-8/h6,8H,1,7H2,2-5H3. The molecule has 0 bridgehead atoms. The molecule has 0 aromatic heterocycles. The van der Waals surface area contributed by atoms with Gasteiger partial charge in [-0.25, -0.2) is 0 Å². The van der Waals surface area contributed by atoms with Crippen LogP contribution in [0, 0.1) is 0 Å². The lowest BCUT2D eigenvalue weighted by molar-refractivity contribution is -0.279. The summed E-state index contributed by atoms with van der Waals surface area (Å²) in [6.07, 6.45) is 2.34. The third-order valence-electron chi connectivity index (χ3n) is 1.91. The van der Waals surface area contributed by atoms with Gasteiger partial charge in [0.05, 0.1) is 11.2 Å². The van der Waals surface area contributed by atoms with Gasteiger partial charge in [-0.15, -0.1) is 0 Å². The molecule has 0 atom stereocenters. The van der Waals surface area contributed by atoms with Gasteiger partial charge in [0.2, 0.25) is 0 Å². The Morgan fingerprint density at radius 2 is 1.58 bits per heavy atom. The number of rotatable bonds is 1. The van der Waals surface area contributed by atoms with E-state index in [1.807, 2.05) is 0 Å². The van der Waals surface area contributed by atoms with E-state index < -0.39 is 0 Å². The van der Waals surface area contributed by atoms with Crippen molar-refractivity contribution in [2.24, 2.45) is 0 Å². The Morgan fingerprint density at radius 3 is 1.92 bits per heavy atom. The van der Waals surface area contributed by atoms with E-state index in [2.05, 4.69) is 34.3 Å². The van der Waals surface area contributed by atoms with Crippen LogP contribution in [0.25, 0.3) is 0 Å². The normalized spacial score (nSPS) is 28.3. The molecule has 0 saturated carbocycles. The highest BCUT2D eigenvalue weighted by atomic mass is 16.7. The van der Waals surface area contributed by atoms with Crippen LogP contribution >= 0.6 is 0 Å². The van der Waals surface area contributed by atoms with Crippen molar-refractivity contribution in [2.75, 3.05) is 0 Å². The Kier molecular flexibility index (Phi) is 2.32. The van der Waals surface area contributed by atoms with Crippen LogP contribution in [0.5, 0.6) is 0 Å². The molecule has 0 unspecified atom stereocenters. The van der Waals surface area contributed by atoms with Crippen LogP contribution in [0.1, 0.15) is 34.1 Å². The van der Waals surface area contributed by atoms with E-state index in [0.717, 1.165) is 6.42 Å². The highest BCUT2D eigenvalue weighted by molar-refractivity contribution is 4.89. The number of ether oxygens (including phenoxy) is 2. The Morgan fingerprint density at radius 1 is 1.17 bits per heavy atom. The van der Waals surface area contributed by atoms with Gasteiger partial charge in [-0.2, -0.15) is 0 Å². The minimum atomic E-state index is -0.260. The first-order chi connectivity index (χ1) is 5.35. The number of hydrogen-bond acceptors (Lipinski definition) is 2. The molecule has 0 N–H and O–H groups in total. The predicted octanol–water partition coefficient (Wildman–Crippen LogP) is 2.49. The third-order valence-corrected chi connectivity index (χ3v) is 1.91. The molecule has 1 aliphatic heterocycles. The molecule has 1 heterocycles. The summed E-state index contributed by atoms with van der Waals surface area (Å²) >= 11 is 0. The van der Waals surface area contributed by atoms with Crippen LogP contribution in [-0.2, 0) is 9.47 Å². The molecule has 1 rings (SSSR count). The average Bonchev–Trinajstić information content (AvgIpc) is 1.80. The fourth-order valence-corrected chi connectivity index (χ4v) is 1.86. The van der Waals surface area contributed by atoms with Crippen LogP contribution in [0.4, 0.5) is 0 Å². The van der Waals surface area contributed by atoms with E-state index in [1.54, 1.807) is 6.08 Å². The smallest absolute Gasteiger partial charge is 0.177 e. The van der Waals surface area contributed by atoms with E-state index in [9.17, 15) is 0 Å². The summed E-state index contributed by atoms with van der Waals surface area (Å²) < 4.78 is 11.2. The van der Waals surface area contributed by atoms with Crippen molar-refractivity contribution in [2.45, 2.75) is 51.6 Å². The van der Waals surface area contributed by atoms with E-state index in [-0.39, 0.29) is 17.5 Å². The van der Waals surface area contributed by atoms with Crippen molar-refractivity contribution in [1.82, 2.24) is 0 Å². The van der Waals surface area contributed by atoms with E-state index in [0.29, 0.717) is 0 Å². The molecule has 0 radical (unpaired) electrons. The molecule has 1 saturated heterocycles. The van der Waals surface area contributed by atoms with Gasteiger partial charge in [0.25, 0.3) is 0 Å². The van der Waals surface area contributed by atoms with Crippen molar-refractivity contribution in [3.8, 4) is 0 Å². The first-order valence-electron chi connectivity index (χ1n) is 4.33. The summed E-state index contributed by atoms with van der Waals surface area (Å²) in [6.45, 7) is 12.0. The Hall–Kier alpha value is -0.340. The fourth-order valence-electron chi connectivity index (χ4n) is 1.86. The summed E-state index contributed by atoms with van der Waals surface area (Å²) in [6, 6.07) is 0. The molecule has 70 valence electrons. The van der Waals surface area contributed by atoms with Gasteiger partial charge in [-0.3, -0.25) is 0 Å². The fraction of sp³-hybridized carbons (Fsp3) is 0.800. The summed E-state index contributed by atoms with van der Waals surface area (Å²) in [5, 5.41) is 0. The van der Waals surface area contributed by atoms with Crippen molar-refractivity contribution in [3.05, 3.63) is 12.7 Å². The van der Waals surface area contributed by atoms with Crippen LogP contribution in [0.3, 0.4) is 0 Å². The molecular weight excluding hydrogens is 152 g/mol. The molecule has 2 heteroatoms. The highest BCUT2D eigenvalue weighted by Crippen LogP contribution is 2.34. The summed E-state index contributed by atoms with van der Waals surface area (Å²) in [5.74, 6) is 0. The van der Waals surface area contributed by atoms with Gasteiger partial charge in [0.15, 0.2) is 6.29 Å². The maximum Gasteiger partial charge on any atom is 0.177 e. The van der Waals surface area contributed by atoms with Crippen LogP contribution in [0.2, 0.25) is 0 Å². The zero-order chi connectivity index (χ0) is 9.41. The van der Waals surface area contributed by atoms with Crippen LogP contribution < -0.4 is 0 Å². The quantitative estimate of drug-likeness (QED) is 0.563. The minimum Gasteiger partial charge on any atom is -0.343 e. The maximum atomic E-state index is 5.62. The maximum absolute atomic E-state index is 5.62. The third kappa shape index (κ3) is 2.32. The van der Waals surface area contributed by atoms with E-state index in [1.165, 1.54) is 0 Å². The van der Waals surface area contributed by atoms with Gasteiger partial charge in [-0.05, 0) is 33.8 Å². The predicted molar refractivity (Wildman–Crippen MR) is 48.9 cm³/mol. The topological polar surface area (TPSA) is 18.5 Å². The SMILES string of the molecule is C=CC1OC(C)(C)CC(C)(C)O1. The van der Waals surface area contributed by atoms with Crippen LogP contribution in [-0.4, -0.2) is 17.5 Å². The molecule has 1 aliphatic rings. The summed E-state index contributed by atoms with van der Waals surface area (Å²) in [4.78, 5) is 0. The molecule has 12 heavy (non-hydrogen) atoms. The lowest BCUT2D eigenvalue weighted by Gasteiger charge is -2.44. The largest absolute Gasteiger partial charge is 0.343 e. The van der Waals surface area contributed by atoms with Gasteiger partial charge < -0.3 is 9.47 Å². The Labute approximate surface area is 74.6 Å². The summed E-state index contributed by atoms with van der Waals surface area (Å²) in [5.41, 5.74) is -0.221. The lowest BCUT2D eigenvalue weighted by atomic mass is 9.91. The minimum absolute atomic E-state index is 0.111. The van der Waals surface area contributed by atoms with Gasteiger partial charge in [0.1, 0.15) is 0 Å². The molecule has 0 aromatic rings. The number of hydrogen-bond donors (Lipinski definition) is 0. The van der Waals surface area contributed by atoms with Gasteiger partial charge in [-0.1, -0.05) is 6.58 Å². The van der Waals surface area contributed by atoms with Crippen molar-refractivity contribution in [3.63, 3.8) is 0 Å². The lowest BCUT2D eigenvalue weighted by Crippen LogP contribution is -2.48. The van der Waals surface area contributed by atoms with Gasteiger partial charge >= 0.3 is 0 Å². The van der Waals surface area contributed by atoms with Crippen molar-refractivity contribution >= 4 is 0 Å². The molecule has 0 spiro atoms. The molecule has 2 nitrogen and oxygen atoms in total. The summed E-state index contributed by atoms with van der Waals surface area (Å²) in [7, 11) is 0. The highest BCUT2D eigenvalue weighted by Gasteiger charge is 2.38. The average molecular weight is 170 g/mol. The zero-order valence-corrected chi connectivity index (χ0v) is 8.39. The molecular formula is C10H18O2. The molecule has 0 aliphatic carbocycles. The first-order valence-corrected chi connectivity index (χ1v) is 4.33. The van der Waals surface area contributed by atoms with E-state index >= 15 is 0 Å². The Balaban J connectivity index is 2.72. The zero-order valence-electron chi connectivity index (χ0n) is 8.39.